The Bertz CT molecular complexity index is 240. The average molecular weight is 240 g/mol. The molecule has 100 valence electrons. The summed E-state index contributed by atoms with van der Waals surface area (Å²) < 4.78 is 0. The van der Waals surface area contributed by atoms with Crippen LogP contribution in [0.25, 0.3) is 0 Å². The number of carbonyl (C=O) groups is 1. The van der Waals surface area contributed by atoms with Gasteiger partial charge in [0.15, 0.2) is 0 Å². The summed E-state index contributed by atoms with van der Waals surface area (Å²) in [6.45, 7) is 11.3. The summed E-state index contributed by atoms with van der Waals surface area (Å²) in [5.74, 6) is 1.10. The van der Waals surface area contributed by atoms with Crippen LogP contribution in [-0.2, 0) is 4.79 Å². The van der Waals surface area contributed by atoms with Crippen molar-refractivity contribution in [3.8, 4) is 0 Å². The Morgan fingerprint density at radius 3 is 2.59 bits per heavy atom. The van der Waals surface area contributed by atoms with Gasteiger partial charge < -0.3 is 10.2 Å². The molecule has 0 aromatic heterocycles. The van der Waals surface area contributed by atoms with Crippen LogP contribution in [0.3, 0.4) is 0 Å². The first-order valence-electron chi connectivity index (χ1n) is 7.10. The van der Waals surface area contributed by atoms with E-state index in [0.29, 0.717) is 17.9 Å². The normalized spacial score (nSPS) is 25.4. The van der Waals surface area contributed by atoms with Crippen molar-refractivity contribution in [3.63, 3.8) is 0 Å². The Labute approximate surface area is 106 Å². The monoisotopic (exact) mass is 240 g/mol. The van der Waals surface area contributed by atoms with Crippen molar-refractivity contribution >= 4 is 5.91 Å². The van der Waals surface area contributed by atoms with Gasteiger partial charge in [0.05, 0.1) is 0 Å². The lowest BCUT2D eigenvalue weighted by Crippen LogP contribution is -2.52. The molecule has 0 saturated carbocycles. The van der Waals surface area contributed by atoms with E-state index in [1.54, 1.807) is 0 Å². The van der Waals surface area contributed by atoms with E-state index in [2.05, 4.69) is 24.1 Å². The molecule has 0 aromatic rings. The van der Waals surface area contributed by atoms with E-state index in [1.807, 2.05) is 13.8 Å². The summed E-state index contributed by atoms with van der Waals surface area (Å²) >= 11 is 0. The first-order chi connectivity index (χ1) is 8.08. The molecule has 1 N–H and O–H groups in total. The minimum absolute atomic E-state index is 0.123. The maximum absolute atomic E-state index is 12.1. The molecule has 1 rings (SSSR count). The third-order valence-electron chi connectivity index (χ3n) is 3.60. The van der Waals surface area contributed by atoms with Crippen LogP contribution in [-0.4, -0.2) is 36.5 Å². The zero-order valence-corrected chi connectivity index (χ0v) is 11.8. The Morgan fingerprint density at radius 2 is 2.06 bits per heavy atom. The molecule has 3 heteroatoms. The third-order valence-corrected chi connectivity index (χ3v) is 3.60. The van der Waals surface area contributed by atoms with Crippen LogP contribution in [0.2, 0.25) is 0 Å². The molecule has 0 radical (unpaired) electrons. The van der Waals surface area contributed by atoms with Crippen molar-refractivity contribution in [2.24, 2.45) is 11.8 Å². The highest BCUT2D eigenvalue weighted by atomic mass is 16.2. The molecular weight excluding hydrogens is 212 g/mol. The highest BCUT2D eigenvalue weighted by Crippen LogP contribution is 2.21. The Hall–Kier alpha value is -0.570. The first-order valence-corrected chi connectivity index (χ1v) is 7.10. The van der Waals surface area contributed by atoms with Gasteiger partial charge in [0.1, 0.15) is 0 Å². The fraction of sp³-hybridized carbons (Fsp3) is 0.929. The minimum atomic E-state index is 0.123. The number of likely N-dealkylation sites (tertiary alicyclic amines) is 1. The molecule has 1 fully saturated rings. The Kier molecular flexibility index (Phi) is 5.96. The van der Waals surface area contributed by atoms with Gasteiger partial charge in [-0.2, -0.15) is 0 Å². The summed E-state index contributed by atoms with van der Waals surface area (Å²) in [7, 11) is 0. The fourth-order valence-electron chi connectivity index (χ4n) is 2.54. The van der Waals surface area contributed by atoms with Gasteiger partial charge in [-0.05, 0) is 25.3 Å². The Morgan fingerprint density at radius 1 is 1.35 bits per heavy atom. The van der Waals surface area contributed by atoms with Crippen molar-refractivity contribution in [2.75, 3.05) is 19.6 Å². The van der Waals surface area contributed by atoms with Crippen LogP contribution in [0.1, 0.15) is 47.0 Å². The second-order valence-corrected chi connectivity index (χ2v) is 5.56. The van der Waals surface area contributed by atoms with Crippen molar-refractivity contribution in [2.45, 2.75) is 53.0 Å². The number of hydrogen-bond donors (Lipinski definition) is 1. The first kappa shape index (κ1) is 14.5. The van der Waals surface area contributed by atoms with E-state index in [-0.39, 0.29) is 5.92 Å². The number of carbonyl (C=O) groups excluding carboxylic acids is 1. The van der Waals surface area contributed by atoms with E-state index in [4.69, 9.17) is 0 Å². The van der Waals surface area contributed by atoms with Crippen LogP contribution >= 0.6 is 0 Å². The topological polar surface area (TPSA) is 32.3 Å². The molecule has 1 aliphatic heterocycles. The number of hydrogen-bond acceptors (Lipinski definition) is 2. The molecule has 2 unspecified atom stereocenters. The lowest BCUT2D eigenvalue weighted by atomic mass is 9.91. The fourth-order valence-corrected chi connectivity index (χ4v) is 2.54. The molecule has 1 saturated heterocycles. The number of nitrogens with zero attached hydrogens (tertiary/aromatic N) is 1. The molecule has 1 aliphatic rings. The quantitative estimate of drug-likeness (QED) is 0.799. The van der Waals surface area contributed by atoms with Crippen molar-refractivity contribution in [1.29, 1.82) is 0 Å². The molecular formula is C14H28N2O. The predicted octanol–water partition coefficient (Wildman–Crippen LogP) is 2.27. The number of piperidine rings is 1. The number of amides is 1. The van der Waals surface area contributed by atoms with Gasteiger partial charge in [0, 0.05) is 25.0 Å². The Balaban J connectivity index is 2.56. The van der Waals surface area contributed by atoms with Gasteiger partial charge in [0.25, 0.3) is 0 Å². The van der Waals surface area contributed by atoms with E-state index in [9.17, 15) is 4.79 Å². The summed E-state index contributed by atoms with van der Waals surface area (Å²) in [6, 6.07) is 0.497. The van der Waals surface area contributed by atoms with Crippen LogP contribution in [0.5, 0.6) is 0 Å². The van der Waals surface area contributed by atoms with Crippen molar-refractivity contribution in [1.82, 2.24) is 10.2 Å². The summed E-state index contributed by atoms with van der Waals surface area (Å²) in [6.07, 6.45) is 3.55. The lowest BCUT2D eigenvalue weighted by molar-refractivity contribution is -0.136. The van der Waals surface area contributed by atoms with Crippen LogP contribution in [0.4, 0.5) is 0 Å². The second kappa shape index (κ2) is 7.00. The standard InChI is InChI=1S/C14H28N2O/c1-5-7-15-13-8-12(6-2)9-16(10-13)14(17)11(3)4/h11-13,15H,5-10H2,1-4H3. The van der Waals surface area contributed by atoms with E-state index in [0.717, 1.165) is 26.1 Å². The molecule has 0 bridgehead atoms. The largest absolute Gasteiger partial charge is 0.341 e. The van der Waals surface area contributed by atoms with Crippen LogP contribution in [0, 0.1) is 11.8 Å². The van der Waals surface area contributed by atoms with Gasteiger partial charge in [-0.25, -0.2) is 0 Å². The highest BCUT2D eigenvalue weighted by Gasteiger charge is 2.29. The molecule has 2 atom stereocenters. The highest BCUT2D eigenvalue weighted by molar-refractivity contribution is 5.78. The average Bonchev–Trinajstić information content (AvgIpc) is 2.34. The van der Waals surface area contributed by atoms with Crippen molar-refractivity contribution < 1.29 is 4.79 Å². The maximum atomic E-state index is 12.1. The predicted molar refractivity (Wildman–Crippen MR) is 71.9 cm³/mol. The second-order valence-electron chi connectivity index (χ2n) is 5.56. The number of rotatable bonds is 5. The van der Waals surface area contributed by atoms with Gasteiger partial charge in [-0.3, -0.25) is 4.79 Å². The molecule has 3 nitrogen and oxygen atoms in total. The minimum Gasteiger partial charge on any atom is -0.341 e. The molecule has 17 heavy (non-hydrogen) atoms. The van der Waals surface area contributed by atoms with Crippen LogP contribution < -0.4 is 5.32 Å². The van der Waals surface area contributed by atoms with Crippen molar-refractivity contribution in [3.05, 3.63) is 0 Å². The zero-order valence-electron chi connectivity index (χ0n) is 11.8. The molecule has 0 aromatic carbocycles. The van der Waals surface area contributed by atoms with Gasteiger partial charge >= 0.3 is 0 Å². The zero-order chi connectivity index (χ0) is 12.8. The smallest absolute Gasteiger partial charge is 0.225 e. The molecule has 1 heterocycles. The summed E-state index contributed by atoms with van der Waals surface area (Å²) in [5, 5.41) is 3.57. The maximum Gasteiger partial charge on any atom is 0.225 e. The summed E-state index contributed by atoms with van der Waals surface area (Å²) in [4.78, 5) is 14.1. The molecule has 1 amide bonds. The van der Waals surface area contributed by atoms with E-state index < -0.39 is 0 Å². The van der Waals surface area contributed by atoms with E-state index in [1.165, 1.54) is 12.8 Å². The SMILES string of the molecule is CCCNC1CC(CC)CN(C(=O)C(C)C)C1. The lowest BCUT2D eigenvalue weighted by Gasteiger charge is -2.38. The van der Waals surface area contributed by atoms with Gasteiger partial charge in [0.2, 0.25) is 5.91 Å². The van der Waals surface area contributed by atoms with E-state index >= 15 is 0 Å². The summed E-state index contributed by atoms with van der Waals surface area (Å²) in [5.41, 5.74) is 0. The third kappa shape index (κ3) is 4.30. The van der Waals surface area contributed by atoms with Crippen LogP contribution in [0.15, 0.2) is 0 Å². The molecule has 0 aliphatic carbocycles. The van der Waals surface area contributed by atoms with Gasteiger partial charge in [-0.1, -0.05) is 34.1 Å². The number of nitrogens with one attached hydrogen (secondary N) is 1. The molecule has 0 spiro atoms. The van der Waals surface area contributed by atoms with Gasteiger partial charge in [-0.15, -0.1) is 0 Å².